The summed E-state index contributed by atoms with van der Waals surface area (Å²) in [5.41, 5.74) is 8.68. The number of pyridine rings is 2. The molecule has 5 heteroatoms. The van der Waals surface area contributed by atoms with Crippen LogP contribution in [0, 0.1) is 19.8 Å². The van der Waals surface area contributed by atoms with Gasteiger partial charge in [-0.3, -0.25) is 4.98 Å². The zero-order chi connectivity index (χ0) is 23.5. The number of hydrogen-bond donors (Lipinski definition) is 0. The zero-order valence-corrected chi connectivity index (χ0v) is 20.4. The van der Waals surface area contributed by atoms with Crippen molar-refractivity contribution < 1.29 is 0 Å². The van der Waals surface area contributed by atoms with Gasteiger partial charge in [0.25, 0.3) is 0 Å². The van der Waals surface area contributed by atoms with Crippen LogP contribution in [0.4, 0.5) is 0 Å². The Morgan fingerprint density at radius 3 is 2.56 bits per heavy atom. The van der Waals surface area contributed by atoms with Crippen LogP contribution in [0.25, 0.3) is 16.7 Å². The Hall–Kier alpha value is -3.34. The van der Waals surface area contributed by atoms with Crippen LogP contribution in [0.5, 0.6) is 0 Å². The highest BCUT2D eigenvalue weighted by atomic mass is 15.4. The van der Waals surface area contributed by atoms with Crippen LogP contribution in [0.15, 0.2) is 60.8 Å². The van der Waals surface area contributed by atoms with Gasteiger partial charge in [-0.15, -0.1) is 5.10 Å². The molecule has 34 heavy (non-hydrogen) atoms. The van der Waals surface area contributed by atoms with Gasteiger partial charge in [0.05, 0.1) is 0 Å². The summed E-state index contributed by atoms with van der Waals surface area (Å²) in [6.45, 7) is 4.08. The third-order valence-electron chi connectivity index (χ3n) is 7.23. The van der Waals surface area contributed by atoms with E-state index in [4.69, 9.17) is 0 Å². The van der Waals surface area contributed by atoms with Crippen LogP contribution in [-0.4, -0.2) is 25.0 Å². The van der Waals surface area contributed by atoms with Crippen molar-refractivity contribution in [3.05, 3.63) is 88.9 Å². The molecule has 1 fully saturated rings. The van der Waals surface area contributed by atoms with Crippen LogP contribution < -0.4 is 0 Å². The molecule has 5 nitrogen and oxygen atoms in total. The molecule has 0 spiro atoms. The molecule has 1 saturated carbocycles. The maximum Gasteiger partial charge on any atom is 0.179 e. The Morgan fingerprint density at radius 2 is 1.79 bits per heavy atom. The lowest BCUT2D eigenvalue weighted by molar-refractivity contribution is 0.312. The SMILES string of the molecule is Cc1cc(/C(=C\CCC2CCC(c3ccccc3)CC2)c2cc(C)nc3c2nnn3C)ccn1. The minimum atomic E-state index is 0.730. The Bertz CT molecular complexity index is 1300. The highest BCUT2D eigenvalue weighted by molar-refractivity contribution is 5.92. The van der Waals surface area contributed by atoms with Crippen molar-refractivity contribution in [2.75, 3.05) is 0 Å². The molecule has 174 valence electrons. The van der Waals surface area contributed by atoms with Crippen molar-refractivity contribution in [1.29, 1.82) is 0 Å². The fraction of sp³-hybridized carbons (Fsp3) is 0.379. The molecular weight excluding hydrogens is 418 g/mol. The molecule has 0 saturated heterocycles. The van der Waals surface area contributed by atoms with Crippen molar-refractivity contribution in [2.45, 2.75) is 58.3 Å². The number of allylic oxidation sites excluding steroid dienone is 1. The van der Waals surface area contributed by atoms with Crippen LogP contribution in [0.3, 0.4) is 0 Å². The third kappa shape index (κ3) is 4.79. The Morgan fingerprint density at radius 1 is 1.00 bits per heavy atom. The van der Waals surface area contributed by atoms with E-state index in [2.05, 4.69) is 74.9 Å². The summed E-state index contributed by atoms with van der Waals surface area (Å²) in [6, 6.07) is 17.4. The second kappa shape index (κ2) is 9.88. The lowest BCUT2D eigenvalue weighted by Gasteiger charge is -2.28. The third-order valence-corrected chi connectivity index (χ3v) is 7.23. The molecule has 1 aromatic carbocycles. The number of aryl methyl sites for hydroxylation is 3. The van der Waals surface area contributed by atoms with Gasteiger partial charge in [0.15, 0.2) is 5.65 Å². The van der Waals surface area contributed by atoms with E-state index in [-0.39, 0.29) is 0 Å². The largest absolute Gasteiger partial charge is 0.262 e. The van der Waals surface area contributed by atoms with Gasteiger partial charge in [-0.2, -0.15) is 0 Å². The van der Waals surface area contributed by atoms with E-state index in [0.717, 1.165) is 46.4 Å². The molecule has 0 N–H and O–H groups in total. The predicted octanol–water partition coefficient (Wildman–Crippen LogP) is 6.56. The van der Waals surface area contributed by atoms with Crippen molar-refractivity contribution in [2.24, 2.45) is 13.0 Å². The van der Waals surface area contributed by atoms with Crippen molar-refractivity contribution in [1.82, 2.24) is 25.0 Å². The standard InChI is InChI=1S/C29H33N5/c1-20-18-25(16-17-30-20)26(27-19-21(2)31-29-28(27)32-33-34(29)3)11-7-8-22-12-14-24(15-13-22)23-9-5-4-6-10-23/h4-6,9-11,16-19,22,24H,7-8,12-15H2,1-3H3/b26-11+. The molecule has 1 aliphatic carbocycles. The number of rotatable bonds is 6. The molecule has 3 heterocycles. The van der Waals surface area contributed by atoms with Crippen LogP contribution in [0.1, 0.15) is 72.5 Å². The van der Waals surface area contributed by atoms with Gasteiger partial charge in [0.1, 0.15) is 5.52 Å². The first-order chi connectivity index (χ1) is 16.6. The summed E-state index contributed by atoms with van der Waals surface area (Å²) in [4.78, 5) is 9.09. The average molecular weight is 452 g/mol. The molecule has 3 aromatic heterocycles. The second-order valence-corrected chi connectivity index (χ2v) is 9.71. The number of benzene rings is 1. The molecular formula is C29H33N5. The normalized spacial score (nSPS) is 19.0. The van der Waals surface area contributed by atoms with Gasteiger partial charge in [-0.1, -0.05) is 41.6 Å². The summed E-state index contributed by atoms with van der Waals surface area (Å²) in [6.07, 6.45) is 11.8. The summed E-state index contributed by atoms with van der Waals surface area (Å²) in [5.74, 6) is 1.53. The lowest BCUT2D eigenvalue weighted by atomic mass is 9.77. The molecule has 1 aliphatic rings. The quantitative estimate of drug-likeness (QED) is 0.333. The van der Waals surface area contributed by atoms with E-state index in [0.29, 0.717) is 0 Å². The summed E-state index contributed by atoms with van der Waals surface area (Å²) < 4.78 is 1.76. The predicted molar refractivity (Wildman–Crippen MR) is 137 cm³/mol. The highest BCUT2D eigenvalue weighted by Crippen LogP contribution is 2.38. The second-order valence-electron chi connectivity index (χ2n) is 9.71. The summed E-state index contributed by atoms with van der Waals surface area (Å²) in [5, 5.41) is 8.70. The van der Waals surface area contributed by atoms with Crippen LogP contribution >= 0.6 is 0 Å². The van der Waals surface area contributed by atoms with Gasteiger partial charge in [0, 0.05) is 30.2 Å². The summed E-state index contributed by atoms with van der Waals surface area (Å²) in [7, 11) is 1.90. The monoisotopic (exact) mass is 451 g/mol. The molecule has 4 aromatic rings. The molecule has 0 radical (unpaired) electrons. The topological polar surface area (TPSA) is 56.5 Å². The van der Waals surface area contributed by atoms with E-state index in [9.17, 15) is 0 Å². The number of fused-ring (bicyclic) bond motifs is 1. The lowest BCUT2D eigenvalue weighted by Crippen LogP contribution is -2.13. The number of nitrogens with zero attached hydrogens (tertiary/aromatic N) is 5. The molecule has 0 unspecified atom stereocenters. The average Bonchev–Trinajstić information content (AvgIpc) is 3.23. The zero-order valence-electron chi connectivity index (χ0n) is 20.4. The van der Waals surface area contributed by atoms with Gasteiger partial charge in [0.2, 0.25) is 0 Å². The van der Waals surface area contributed by atoms with Crippen molar-refractivity contribution in [3.8, 4) is 0 Å². The van der Waals surface area contributed by atoms with E-state index in [1.807, 2.05) is 27.1 Å². The van der Waals surface area contributed by atoms with E-state index in [1.54, 1.807) is 4.68 Å². The first-order valence-corrected chi connectivity index (χ1v) is 12.4. The Balaban J connectivity index is 1.37. The fourth-order valence-corrected chi connectivity index (χ4v) is 5.40. The van der Waals surface area contributed by atoms with Gasteiger partial charge in [-0.05, 0) is 99.1 Å². The van der Waals surface area contributed by atoms with Crippen LogP contribution in [-0.2, 0) is 7.05 Å². The van der Waals surface area contributed by atoms with Gasteiger partial charge in [-0.25, -0.2) is 9.67 Å². The Labute approximate surface area is 202 Å². The van der Waals surface area contributed by atoms with E-state index < -0.39 is 0 Å². The van der Waals surface area contributed by atoms with E-state index in [1.165, 1.54) is 48.8 Å². The minimum Gasteiger partial charge on any atom is -0.262 e. The van der Waals surface area contributed by atoms with Gasteiger partial charge >= 0.3 is 0 Å². The summed E-state index contributed by atoms with van der Waals surface area (Å²) >= 11 is 0. The smallest absolute Gasteiger partial charge is 0.179 e. The molecule has 0 atom stereocenters. The minimum absolute atomic E-state index is 0.730. The molecule has 5 rings (SSSR count). The highest BCUT2D eigenvalue weighted by Gasteiger charge is 2.22. The van der Waals surface area contributed by atoms with E-state index >= 15 is 0 Å². The number of hydrogen-bond acceptors (Lipinski definition) is 4. The first-order valence-electron chi connectivity index (χ1n) is 12.4. The fourth-order valence-electron chi connectivity index (χ4n) is 5.40. The number of aromatic nitrogens is 5. The van der Waals surface area contributed by atoms with Crippen LogP contribution in [0.2, 0.25) is 0 Å². The van der Waals surface area contributed by atoms with Crippen molar-refractivity contribution in [3.63, 3.8) is 0 Å². The maximum absolute atomic E-state index is 4.67. The molecule has 0 aliphatic heterocycles. The first kappa shape index (κ1) is 22.5. The maximum atomic E-state index is 4.67. The van der Waals surface area contributed by atoms with Gasteiger partial charge < -0.3 is 0 Å². The van der Waals surface area contributed by atoms with Crippen molar-refractivity contribution >= 4 is 16.7 Å². The molecule has 0 amide bonds. The molecule has 0 bridgehead atoms. The Kier molecular flexibility index (Phi) is 6.52.